The van der Waals surface area contributed by atoms with Crippen LogP contribution in [0.4, 0.5) is 4.79 Å². The lowest BCUT2D eigenvalue weighted by Gasteiger charge is -2.51. The monoisotopic (exact) mass is 335 g/mol. The molecule has 6 nitrogen and oxygen atoms in total. The second kappa shape index (κ2) is 5.90. The van der Waals surface area contributed by atoms with Crippen molar-refractivity contribution >= 4 is 12.0 Å². The van der Waals surface area contributed by atoms with Gasteiger partial charge in [0.25, 0.3) is 0 Å². The molecule has 2 bridgehead atoms. The highest BCUT2D eigenvalue weighted by atomic mass is 16.4. The predicted molar refractivity (Wildman–Crippen MR) is 89.6 cm³/mol. The van der Waals surface area contributed by atoms with Crippen LogP contribution in [-0.2, 0) is 4.79 Å². The zero-order chi connectivity index (χ0) is 17.0. The predicted octanol–water partition coefficient (Wildman–Crippen LogP) is 1.56. The Morgan fingerprint density at radius 1 is 1.08 bits per heavy atom. The second-order valence-electron chi connectivity index (χ2n) is 8.05. The van der Waals surface area contributed by atoms with Crippen LogP contribution >= 0.6 is 0 Å². The highest BCUT2D eigenvalue weighted by molar-refractivity contribution is 5.82. The summed E-state index contributed by atoms with van der Waals surface area (Å²) in [7, 11) is 0. The van der Waals surface area contributed by atoms with Crippen LogP contribution in [0.1, 0.15) is 33.1 Å². The Hall–Kier alpha value is -1.30. The van der Waals surface area contributed by atoms with E-state index in [4.69, 9.17) is 0 Å². The van der Waals surface area contributed by atoms with Gasteiger partial charge >= 0.3 is 6.09 Å². The molecule has 0 aromatic carbocycles. The van der Waals surface area contributed by atoms with Gasteiger partial charge in [-0.25, -0.2) is 4.79 Å². The van der Waals surface area contributed by atoms with Crippen LogP contribution < -0.4 is 0 Å². The van der Waals surface area contributed by atoms with Crippen molar-refractivity contribution < 1.29 is 14.7 Å². The van der Waals surface area contributed by atoms with E-state index in [1.165, 1.54) is 0 Å². The van der Waals surface area contributed by atoms with Crippen molar-refractivity contribution in [3.63, 3.8) is 0 Å². The quantitative estimate of drug-likeness (QED) is 0.847. The van der Waals surface area contributed by atoms with Gasteiger partial charge in [-0.15, -0.1) is 0 Å². The number of hydrogen-bond donors (Lipinski definition) is 1. The molecule has 6 atom stereocenters. The van der Waals surface area contributed by atoms with Gasteiger partial charge in [-0.3, -0.25) is 9.69 Å². The lowest BCUT2D eigenvalue weighted by atomic mass is 9.75. The molecule has 5 aliphatic rings. The van der Waals surface area contributed by atoms with E-state index in [2.05, 4.69) is 18.7 Å². The Balaban J connectivity index is 1.35. The Morgan fingerprint density at radius 3 is 2.25 bits per heavy atom. The number of amides is 2. The normalized spacial score (nSPS) is 40.5. The van der Waals surface area contributed by atoms with E-state index in [0.717, 1.165) is 45.4 Å². The van der Waals surface area contributed by atoms with E-state index in [-0.39, 0.29) is 12.0 Å². The first-order valence-corrected chi connectivity index (χ1v) is 9.57. The van der Waals surface area contributed by atoms with Crippen molar-refractivity contribution in [2.75, 3.05) is 32.7 Å². The number of carbonyl (C=O) groups is 2. The molecular formula is C18H29N3O3. The van der Waals surface area contributed by atoms with Crippen molar-refractivity contribution in [1.29, 1.82) is 0 Å². The molecule has 3 saturated heterocycles. The number of nitrogens with zero attached hydrogens (tertiary/aromatic N) is 3. The zero-order valence-corrected chi connectivity index (χ0v) is 14.7. The van der Waals surface area contributed by atoms with Crippen molar-refractivity contribution in [2.24, 2.45) is 23.7 Å². The van der Waals surface area contributed by atoms with Crippen molar-refractivity contribution in [3.8, 4) is 0 Å². The van der Waals surface area contributed by atoms with Crippen molar-refractivity contribution in [2.45, 2.75) is 45.2 Å². The average Bonchev–Trinajstić information content (AvgIpc) is 3.09. The third-order valence-electron chi connectivity index (χ3n) is 7.10. The summed E-state index contributed by atoms with van der Waals surface area (Å²) < 4.78 is 0. The van der Waals surface area contributed by atoms with Gasteiger partial charge < -0.3 is 14.9 Å². The number of piperidine rings is 3. The van der Waals surface area contributed by atoms with Crippen LogP contribution in [0, 0.1) is 23.7 Å². The molecule has 0 aromatic heterocycles. The summed E-state index contributed by atoms with van der Waals surface area (Å²) in [4.78, 5) is 30.1. The molecule has 2 saturated carbocycles. The molecule has 24 heavy (non-hydrogen) atoms. The number of likely N-dealkylation sites (tertiary alicyclic amines) is 1. The minimum absolute atomic E-state index is 0.211. The van der Waals surface area contributed by atoms with Gasteiger partial charge in [-0.2, -0.15) is 0 Å². The van der Waals surface area contributed by atoms with Crippen LogP contribution in [0.3, 0.4) is 0 Å². The fourth-order valence-electron chi connectivity index (χ4n) is 5.71. The van der Waals surface area contributed by atoms with Crippen LogP contribution in [-0.4, -0.2) is 76.6 Å². The minimum Gasteiger partial charge on any atom is -0.465 e. The van der Waals surface area contributed by atoms with Crippen molar-refractivity contribution in [1.82, 2.24) is 14.7 Å². The molecule has 5 fully saturated rings. The summed E-state index contributed by atoms with van der Waals surface area (Å²) in [6.07, 6.45) is 2.42. The molecular weight excluding hydrogens is 306 g/mol. The van der Waals surface area contributed by atoms with E-state index in [0.29, 0.717) is 36.2 Å². The maximum Gasteiger partial charge on any atom is 0.407 e. The molecule has 134 valence electrons. The third-order valence-corrected chi connectivity index (χ3v) is 7.10. The molecule has 3 heterocycles. The van der Waals surface area contributed by atoms with Crippen LogP contribution in [0.15, 0.2) is 0 Å². The van der Waals surface area contributed by atoms with E-state index in [9.17, 15) is 14.7 Å². The molecule has 1 N–H and O–H groups in total. The number of hydrogen-bond acceptors (Lipinski definition) is 3. The van der Waals surface area contributed by atoms with E-state index >= 15 is 0 Å². The Morgan fingerprint density at radius 2 is 1.75 bits per heavy atom. The van der Waals surface area contributed by atoms with Gasteiger partial charge in [-0.1, -0.05) is 0 Å². The topological polar surface area (TPSA) is 64.1 Å². The SMILES string of the molecule is CCN(CC)C(=O)[C@@H]1[C@@H]2CN(C3C[C@H]4CC[C@@H]3CN4C(=O)O)C[C@@H]21. The zero-order valence-electron chi connectivity index (χ0n) is 14.7. The van der Waals surface area contributed by atoms with Gasteiger partial charge in [-0.05, 0) is 50.9 Å². The van der Waals surface area contributed by atoms with E-state index < -0.39 is 6.09 Å². The van der Waals surface area contributed by atoms with Crippen LogP contribution in [0.5, 0.6) is 0 Å². The fraction of sp³-hybridized carbons (Fsp3) is 0.889. The van der Waals surface area contributed by atoms with Crippen LogP contribution in [0.25, 0.3) is 0 Å². The summed E-state index contributed by atoms with van der Waals surface area (Å²) in [5.41, 5.74) is 0. The summed E-state index contributed by atoms with van der Waals surface area (Å²) in [6, 6.07) is 0.749. The number of carboxylic acid groups (broad SMARTS) is 1. The summed E-state index contributed by atoms with van der Waals surface area (Å²) in [6.45, 7) is 8.53. The molecule has 2 amide bonds. The molecule has 1 unspecified atom stereocenters. The molecule has 0 aromatic rings. The maximum atomic E-state index is 12.5. The lowest BCUT2D eigenvalue weighted by Crippen LogP contribution is -2.60. The lowest BCUT2D eigenvalue weighted by molar-refractivity contribution is -0.133. The molecule has 5 rings (SSSR count). The van der Waals surface area contributed by atoms with Gasteiger partial charge in [0.05, 0.1) is 0 Å². The average molecular weight is 335 g/mol. The second-order valence-corrected chi connectivity index (χ2v) is 8.05. The Labute approximate surface area is 143 Å². The smallest absolute Gasteiger partial charge is 0.407 e. The van der Waals surface area contributed by atoms with E-state index in [1.54, 1.807) is 4.90 Å². The number of rotatable bonds is 4. The third kappa shape index (κ3) is 2.41. The van der Waals surface area contributed by atoms with Gasteiger partial charge in [0, 0.05) is 50.7 Å². The number of fused-ring (bicyclic) bond motifs is 4. The van der Waals surface area contributed by atoms with Gasteiger partial charge in [0.1, 0.15) is 0 Å². The van der Waals surface area contributed by atoms with E-state index in [1.807, 2.05) is 4.90 Å². The molecule has 6 heteroatoms. The maximum absolute atomic E-state index is 12.5. The largest absolute Gasteiger partial charge is 0.465 e. The first kappa shape index (κ1) is 16.2. The molecule has 0 spiro atoms. The summed E-state index contributed by atoms with van der Waals surface area (Å²) in [5, 5.41) is 9.33. The standard InChI is InChI=1S/C18H29N3O3/c1-3-19(4-2)17(22)16-13-9-20(10-14(13)16)15-7-12-6-5-11(15)8-21(12)18(23)24/h11-16H,3-10H2,1-2H3,(H,23,24)/t11-,12-,13-,14+,15?,16-/m1/s1. The first-order valence-electron chi connectivity index (χ1n) is 9.57. The molecule has 0 radical (unpaired) electrons. The molecule has 2 aliphatic carbocycles. The molecule has 3 aliphatic heterocycles. The Kier molecular flexibility index (Phi) is 3.98. The minimum atomic E-state index is -0.752. The first-order chi connectivity index (χ1) is 11.5. The highest BCUT2D eigenvalue weighted by Crippen LogP contribution is 2.54. The van der Waals surface area contributed by atoms with Crippen LogP contribution in [0.2, 0.25) is 0 Å². The summed E-state index contributed by atoms with van der Waals surface area (Å²) in [5.74, 6) is 2.21. The summed E-state index contributed by atoms with van der Waals surface area (Å²) >= 11 is 0. The number of carbonyl (C=O) groups excluding carboxylic acids is 1. The van der Waals surface area contributed by atoms with Gasteiger partial charge in [0.15, 0.2) is 0 Å². The van der Waals surface area contributed by atoms with Crippen molar-refractivity contribution in [3.05, 3.63) is 0 Å². The highest BCUT2D eigenvalue weighted by Gasteiger charge is 2.61. The van der Waals surface area contributed by atoms with Gasteiger partial charge in [0.2, 0.25) is 5.91 Å². The fourth-order valence-corrected chi connectivity index (χ4v) is 5.71. The Bertz CT molecular complexity index is 524.